The Kier molecular flexibility index (Phi) is 28.7. The van der Waals surface area contributed by atoms with Gasteiger partial charge in [0.1, 0.15) is 0 Å². The van der Waals surface area contributed by atoms with E-state index in [1.54, 1.807) is 0 Å². The van der Waals surface area contributed by atoms with Crippen molar-refractivity contribution in [3.05, 3.63) is 35.9 Å². The van der Waals surface area contributed by atoms with Crippen LogP contribution in [0.3, 0.4) is 0 Å². The second-order valence-corrected chi connectivity index (χ2v) is 2.72. The summed E-state index contributed by atoms with van der Waals surface area (Å²) in [6, 6.07) is 10.5. The second-order valence-electron chi connectivity index (χ2n) is 2.72. The monoisotopic (exact) mass is 449 g/mol. The highest BCUT2D eigenvalue weighted by atomic mass is 128. The second kappa shape index (κ2) is 21.0. The van der Waals surface area contributed by atoms with Gasteiger partial charge >= 0.3 is 0 Å². The summed E-state index contributed by atoms with van der Waals surface area (Å²) in [6.45, 7) is 9.03. The van der Waals surface area contributed by atoms with Gasteiger partial charge in [-0.2, -0.15) is 0 Å². The standard InChI is InChI=1S/C9H13N.2C2H6.I2/c1-10(2)8-9-6-4-3-5-7-9;3*1-2/h3-7H,8H2,1-2H3;2*1-2H3;. The summed E-state index contributed by atoms with van der Waals surface area (Å²) in [7, 11) is 4.15. The number of hydrogen-bond acceptors (Lipinski definition) is 1. The molecule has 0 N–H and O–H groups in total. The third-order valence-corrected chi connectivity index (χ3v) is 1.34. The van der Waals surface area contributed by atoms with E-state index in [0.29, 0.717) is 0 Å². The summed E-state index contributed by atoms with van der Waals surface area (Å²) in [5.74, 6) is 0. The van der Waals surface area contributed by atoms with Crippen LogP contribution in [-0.4, -0.2) is 19.0 Å². The van der Waals surface area contributed by atoms with E-state index in [1.807, 2.05) is 33.8 Å². The molecule has 1 rings (SSSR count). The van der Waals surface area contributed by atoms with Gasteiger partial charge in [0.2, 0.25) is 0 Å². The topological polar surface area (TPSA) is 3.24 Å². The Bertz CT molecular complexity index is 188. The van der Waals surface area contributed by atoms with Crippen LogP contribution in [0, 0.1) is 0 Å². The van der Waals surface area contributed by atoms with Gasteiger partial charge in [-0.25, -0.2) is 0 Å². The largest absolute Gasteiger partial charge is 0.305 e. The van der Waals surface area contributed by atoms with E-state index in [-0.39, 0.29) is 0 Å². The average molecular weight is 449 g/mol. The first kappa shape index (κ1) is 21.9. The zero-order valence-corrected chi connectivity index (χ0v) is 15.6. The molecule has 16 heavy (non-hydrogen) atoms. The highest BCUT2D eigenvalue weighted by molar-refractivity contribution is 15.0. The van der Waals surface area contributed by atoms with Crippen molar-refractivity contribution in [2.45, 2.75) is 34.2 Å². The molecule has 0 fully saturated rings. The number of hydrogen-bond donors (Lipinski definition) is 0. The number of nitrogens with zero attached hydrogens (tertiary/aromatic N) is 1. The van der Waals surface area contributed by atoms with Crippen LogP contribution in [0.2, 0.25) is 0 Å². The molecular weight excluding hydrogens is 424 g/mol. The molecule has 0 unspecified atom stereocenters. The minimum absolute atomic E-state index is 1.03. The van der Waals surface area contributed by atoms with Crippen LogP contribution in [0.15, 0.2) is 30.3 Å². The normalized spacial score (nSPS) is 7.56. The van der Waals surface area contributed by atoms with E-state index in [2.05, 4.69) is 80.5 Å². The molecule has 96 valence electrons. The Balaban J connectivity index is -0.000000245. The fourth-order valence-corrected chi connectivity index (χ4v) is 0.949. The molecule has 1 aromatic carbocycles. The van der Waals surface area contributed by atoms with Crippen molar-refractivity contribution in [3.63, 3.8) is 0 Å². The van der Waals surface area contributed by atoms with Crippen LogP contribution in [0.5, 0.6) is 0 Å². The van der Waals surface area contributed by atoms with Gasteiger partial charge in [-0.05, 0) is 19.7 Å². The van der Waals surface area contributed by atoms with Gasteiger partial charge in [-0.15, -0.1) is 0 Å². The molecule has 0 aliphatic heterocycles. The number of halogens is 2. The Morgan fingerprint density at radius 2 is 1.25 bits per heavy atom. The van der Waals surface area contributed by atoms with Crippen molar-refractivity contribution < 1.29 is 0 Å². The summed E-state index contributed by atoms with van der Waals surface area (Å²) in [5, 5.41) is 0. The zero-order chi connectivity index (χ0) is 13.4. The van der Waals surface area contributed by atoms with Gasteiger partial charge in [0.25, 0.3) is 0 Å². The maximum Gasteiger partial charge on any atom is 0.0227 e. The molecule has 0 spiro atoms. The highest BCUT2D eigenvalue weighted by Crippen LogP contribution is 1.99. The van der Waals surface area contributed by atoms with E-state index < -0.39 is 0 Å². The van der Waals surface area contributed by atoms with Crippen LogP contribution in [0.1, 0.15) is 33.3 Å². The average Bonchev–Trinajstić information content (AvgIpc) is 2.37. The minimum atomic E-state index is 1.03. The molecule has 0 aliphatic rings. The van der Waals surface area contributed by atoms with Crippen molar-refractivity contribution >= 4 is 37.2 Å². The zero-order valence-electron chi connectivity index (χ0n) is 11.3. The maximum atomic E-state index is 2.16. The molecule has 0 aliphatic carbocycles. The molecule has 0 amide bonds. The number of rotatable bonds is 2. The first-order chi connectivity index (χ1) is 7.79. The third kappa shape index (κ3) is 17.0. The smallest absolute Gasteiger partial charge is 0.0227 e. The van der Waals surface area contributed by atoms with Gasteiger partial charge in [-0.1, -0.05) is 58.0 Å². The van der Waals surface area contributed by atoms with E-state index in [0.717, 1.165) is 6.54 Å². The van der Waals surface area contributed by atoms with Crippen LogP contribution in [0.25, 0.3) is 0 Å². The molecule has 0 saturated heterocycles. The lowest BCUT2D eigenvalue weighted by Crippen LogP contribution is -2.10. The van der Waals surface area contributed by atoms with Crippen LogP contribution < -0.4 is 0 Å². The molecule has 0 saturated carbocycles. The van der Waals surface area contributed by atoms with Crippen molar-refractivity contribution in [2.75, 3.05) is 14.1 Å². The predicted octanol–water partition coefficient (Wildman–Crippen LogP) is 5.57. The first-order valence-electron chi connectivity index (χ1n) is 5.62. The van der Waals surface area contributed by atoms with Gasteiger partial charge < -0.3 is 4.90 Å². The van der Waals surface area contributed by atoms with E-state index >= 15 is 0 Å². The molecule has 0 bridgehead atoms. The van der Waals surface area contributed by atoms with Gasteiger partial charge in [0.05, 0.1) is 0 Å². The molecule has 3 heteroatoms. The highest BCUT2D eigenvalue weighted by Gasteiger charge is 1.90. The molecule has 0 heterocycles. The SMILES string of the molecule is CC.CC.CN(C)Cc1ccccc1.II. The van der Waals surface area contributed by atoms with Crippen LogP contribution in [0.4, 0.5) is 0 Å². The lowest BCUT2D eigenvalue weighted by Gasteiger charge is -2.08. The molecule has 1 nitrogen and oxygen atoms in total. The number of benzene rings is 1. The van der Waals surface area contributed by atoms with E-state index in [4.69, 9.17) is 0 Å². The van der Waals surface area contributed by atoms with Gasteiger partial charge in [-0.3, -0.25) is 0 Å². The predicted molar refractivity (Wildman–Crippen MR) is 94.6 cm³/mol. The Morgan fingerprint density at radius 1 is 0.875 bits per heavy atom. The van der Waals surface area contributed by atoms with E-state index in [1.165, 1.54) is 5.56 Å². The first-order valence-corrected chi connectivity index (χ1v) is 11.9. The maximum absolute atomic E-state index is 2.16. The fourth-order valence-electron chi connectivity index (χ4n) is 0.949. The third-order valence-electron chi connectivity index (χ3n) is 1.34. The molecule has 0 aromatic heterocycles. The fraction of sp³-hybridized carbons (Fsp3) is 0.538. The van der Waals surface area contributed by atoms with Crippen molar-refractivity contribution in [1.82, 2.24) is 4.90 Å². The molecular formula is C13H25I2N. The van der Waals surface area contributed by atoms with Crippen LogP contribution >= 0.6 is 37.2 Å². The van der Waals surface area contributed by atoms with Crippen molar-refractivity contribution in [2.24, 2.45) is 0 Å². The van der Waals surface area contributed by atoms with Gasteiger partial charge in [0, 0.05) is 43.8 Å². The summed E-state index contributed by atoms with van der Waals surface area (Å²) in [4.78, 5) is 2.16. The van der Waals surface area contributed by atoms with Gasteiger partial charge in [0.15, 0.2) is 0 Å². The van der Waals surface area contributed by atoms with Crippen LogP contribution in [-0.2, 0) is 6.54 Å². The van der Waals surface area contributed by atoms with E-state index in [9.17, 15) is 0 Å². The summed E-state index contributed by atoms with van der Waals surface area (Å²) in [5.41, 5.74) is 1.37. The van der Waals surface area contributed by atoms with Crippen molar-refractivity contribution in [1.29, 1.82) is 0 Å². The Morgan fingerprint density at radius 3 is 1.56 bits per heavy atom. The lowest BCUT2D eigenvalue weighted by molar-refractivity contribution is 0.402. The lowest BCUT2D eigenvalue weighted by atomic mass is 10.2. The minimum Gasteiger partial charge on any atom is -0.305 e. The summed E-state index contributed by atoms with van der Waals surface area (Å²) in [6.07, 6.45) is 0. The molecule has 1 aromatic rings. The quantitative estimate of drug-likeness (QED) is 0.534. The summed E-state index contributed by atoms with van der Waals surface area (Å²) >= 11 is 4.24. The Labute approximate surface area is 125 Å². The summed E-state index contributed by atoms with van der Waals surface area (Å²) < 4.78 is 0. The Hall–Kier alpha value is 0.640. The molecule has 0 atom stereocenters. The molecule has 0 radical (unpaired) electrons. The van der Waals surface area contributed by atoms with Crippen molar-refractivity contribution in [3.8, 4) is 0 Å².